The van der Waals surface area contributed by atoms with E-state index in [4.69, 9.17) is 37.4 Å². The number of hydrogen-bond donors (Lipinski definition) is 1. The Bertz CT molecular complexity index is 1020. The van der Waals surface area contributed by atoms with Crippen LogP contribution < -0.4 is 24.4 Å². The number of carbonyl (C=O) groups excluding carboxylic acids is 3. The zero-order valence-corrected chi connectivity index (χ0v) is 17.2. The van der Waals surface area contributed by atoms with Gasteiger partial charge in [0.15, 0.2) is 11.5 Å². The minimum absolute atomic E-state index is 0.00346. The summed E-state index contributed by atoms with van der Waals surface area (Å²) in [7, 11) is 4.13. The number of nitrogens with zero attached hydrogens (tertiary/aromatic N) is 1. The number of Topliss-reactive ketones (excluding diaryl/α,β-unsaturated/α-hetero) is 1. The molecule has 0 saturated carbocycles. The maximum atomic E-state index is 12.6. The minimum atomic E-state index is -0.874. The molecule has 0 saturated heterocycles. The highest BCUT2D eigenvalue weighted by molar-refractivity contribution is 6.53. The normalized spacial score (nSPS) is 12.7. The van der Waals surface area contributed by atoms with Gasteiger partial charge in [0.25, 0.3) is 11.7 Å². The van der Waals surface area contributed by atoms with E-state index in [9.17, 15) is 14.4 Å². The van der Waals surface area contributed by atoms with E-state index in [1.165, 1.54) is 39.5 Å². The minimum Gasteiger partial charge on any atom is -0.493 e. The van der Waals surface area contributed by atoms with E-state index in [1.54, 1.807) is 6.07 Å². The van der Waals surface area contributed by atoms with Crippen LogP contribution >= 0.6 is 23.2 Å². The molecule has 2 aromatic rings. The largest absolute Gasteiger partial charge is 0.493 e. The second-order valence-electron chi connectivity index (χ2n) is 5.93. The molecule has 0 unspecified atom stereocenters. The topological polar surface area (TPSA) is 94.2 Å². The van der Waals surface area contributed by atoms with Crippen LogP contribution in [-0.2, 0) is 9.59 Å². The number of nitrogens with one attached hydrogen (secondary N) is 1. The fourth-order valence-corrected chi connectivity index (χ4v) is 3.34. The summed E-state index contributed by atoms with van der Waals surface area (Å²) >= 11 is 12.0. The van der Waals surface area contributed by atoms with E-state index in [1.807, 2.05) is 0 Å². The van der Waals surface area contributed by atoms with Crippen molar-refractivity contribution in [2.45, 2.75) is 0 Å². The van der Waals surface area contributed by atoms with Gasteiger partial charge in [0.05, 0.1) is 43.3 Å². The Labute approximate surface area is 176 Å². The Morgan fingerprint density at radius 1 is 1.03 bits per heavy atom. The van der Waals surface area contributed by atoms with Gasteiger partial charge < -0.3 is 19.5 Å². The molecule has 0 radical (unpaired) electrons. The van der Waals surface area contributed by atoms with Crippen LogP contribution in [0, 0.1) is 0 Å². The first-order chi connectivity index (χ1) is 13.8. The van der Waals surface area contributed by atoms with Gasteiger partial charge in [0, 0.05) is 11.1 Å². The van der Waals surface area contributed by atoms with Crippen molar-refractivity contribution in [1.29, 1.82) is 0 Å². The zero-order chi connectivity index (χ0) is 21.3. The summed E-state index contributed by atoms with van der Waals surface area (Å²) < 4.78 is 15.8. The second kappa shape index (κ2) is 8.18. The summed E-state index contributed by atoms with van der Waals surface area (Å²) in [5.41, 5.74) is 0.470. The third-order valence-corrected chi connectivity index (χ3v) is 4.84. The first kappa shape index (κ1) is 20.8. The number of ether oxygens (including phenoxy) is 3. The predicted octanol–water partition coefficient (Wildman–Crippen LogP) is 3.19. The maximum absolute atomic E-state index is 12.6. The van der Waals surface area contributed by atoms with Crippen LogP contribution in [0.25, 0.3) is 0 Å². The van der Waals surface area contributed by atoms with Gasteiger partial charge in [0.1, 0.15) is 6.54 Å². The Morgan fingerprint density at radius 2 is 1.72 bits per heavy atom. The molecule has 1 heterocycles. The van der Waals surface area contributed by atoms with Gasteiger partial charge in [0.2, 0.25) is 11.7 Å². The van der Waals surface area contributed by atoms with Crippen LogP contribution in [-0.4, -0.2) is 45.5 Å². The summed E-state index contributed by atoms with van der Waals surface area (Å²) in [5, 5.41) is 3.23. The molecule has 0 fully saturated rings. The number of carbonyl (C=O) groups is 3. The Hall–Kier alpha value is -2.97. The highest BCUT2D eigenvalue weighted by atomic mass is 35.5. The number of benzene rings is 2. The number of rotatable bonds is 6. The molecular formula is C19H16Cl2N2O6. The molecular weight excluding hydrogens is 423 g/mol. The second-order valence-corrected chi connectivity index (χ2v) is 6.78. The number of methoxy groups -OCH3 is 3. The van der Waals surface area contributed by atoms with Crippen LogP contribution in [0.5, 0.6) is 17.2 Å². The molecule has 8 nitrogen and oxygen atoms in total. The molecule has 0 aliphatic carbocycles. The van der Waals surface area contributed by atoms with E-state index in [0.717, 1.165) is 4.90 Å². The van der Waals surface area contributed by atoms with Gasteiger partial charge in [-0.25, -0.2) is 0 Å². The number of hydrogen-bond acceptors (Lipinski definition) is 6. The average Bonchev–Trinajstić information content (AvgIpc) is 2.93. The third kappa shape index (κ3) is 3.68. The van der Waals surface area contributed by atoms with E-state index in [-0.39, 0.29) is 39.2 Å². The van der Waals surface area contributed by atoms with Crippen molar-refractivity contribution >= 4 is 52.2 Å². The van der Waals surface area contributed by atoms with Crippen molar-refractivity contribution < 1.29 is 28.6 Å². The highest BCUT2D eigenvalue weighted by Crippen LogP contribution is 2.48. The Kier molecular flexibility index (Phi) is 5.86. The fourth-order valence-electron chi connectivity index (χ4n) is 3.00. The summed E-state index contributed by atoms with van der Waals surface area (Å²) in [6, 6.07) is 6.02. The lowest BCUT2D eigenvalue weighted by Gasteiger charge is -2.19. The van der Waals surface area contributed by atoms with E-state index >= 15 is 0 Å². The van der Waals surface area contributed by atoms with Gasteiger partial charge in [-0.2, -0.15) is 0 Å². The van der Waals surface area contributed by atoms with Crippen LogP contribution in [0.1, 0.15) is 10.4 Å². The third-order valence-electron chi connectivity index (χ3n) is 4.27. The molecule has 0 bridgehead atoms. The smallest absolute Gasteiger partial charge is 0.300 e. The van der Waals surface area contributed by atoms with E-state index in [0.29, 0.717) is 5.02 Å². The molecule has 3 rings (SSSR count). The maximum Gasteiger partial charge on any atom is 0.300 e. The Balaban J connectivity index is 1.96. The molecule has 10 heteroatoms. The van der Waals surface area contributed by atoms with Crippen LogP contribution in [0.4, 0.5) is 11.4 Å². The summed E-state index contributed by atoms with van der Waals surface area (Å²) in [5.74, 6) is -1.79. The quantitative estimate of drug-likeness (QED) is 0.695. The van der Waals surface area contributed by atoms with Crippen molar-refractivity contribution in [2.24, 2.45) is 0 Å². The summed E-state index contributed by atoms with van der Waals surface area (Å²) in [6.07, 6.45) is 0. The molecule has 0 atom stereocenters. The lowest BCUT2D eigenvalue weighted by molar-refractivity contribution is -0.118. The van der Waals surface area contributed by atoms with Crippen molar-refractivity contribution in [3.8, 4) is 17.2 Å². The SMILES string of the molecule is COc1cc2c(c(OC)c1OC)C(=O)C(=O)N2CC(=O)Nc1cc(Cl)ccc1Cl. The number of halogens is 2. The van der Waals surface area contributed by atoms with Gasteiger partial charge in [-0.15, -0.1) is 0 Å². The summed E-state index contributed by atoms with van der Waals surface area (Å²) in [4.78, 5) is 38.7. The summed E-state index contributed by atoms with van der Waals surface area (Å²) in [6.45, 7) is -0.431. The van der Waals surface area contributed by atoms with Crippen molar-refractivity contribution in [2.75, 3.05) is 38.1 Å². The van der Waals surface area contributed by atoms with Crippen molar-refractivity contribution in [3.63, 3.8) is 0 Å². The molecule has 1 aliphatic rings. The van der Waals surface area contributed by atoms with Crippen molar-refractivity contribution in [3.05, 3.63) is 39.9 Å². The van der Waals surface area contributed by atoms with Crippen LogP contribution in [0.3, 0.4) is 0 Å². The van der Waals surface area contributed by atoms with Gasteiger partial charge >= 0.3 is 0 Å². The van der Waals surface area contributed by atoms with E-state index < -0.39 is 24.1 Å². The van der Waals surface area contributed by atoms with Crippen LogP contribution in [0.2, 0.25) is 10.0 Å². The molecule has 152 valence electrons. The number of amides is 2. The van der Waals surface area contributed by atoms with E-state index in [2.05, 4.69) is 5.32 Å². The fraction of sp³-hybridized carbons (Fsp3) is 0.211. The number of anilines is 2. The molecule has 0 spiro atoms. The first-order valence-electron chi connectivity index (χ1n) is 8.26. The molecule has 1 N–H and O–H groups in total. The Morgan fingerprint density at radius 3 is 2.34 bits per heavy atom. The lowest BCUT2D eigenvalue weighted by atomic mass is 10.1. The molecule has 2 amide bonds. The predicted molar refractivity (Wildman–Crippen MR) is 108 cm³/mol. The molecule has 29 heavy (non-hydrogen) atoms. The average molecular weight is 439 g/mol. The first-order valence-corrected chi connectivity index (χ1v) is 9.02. The van der Waals surface area contributed by atoms with Crippen molar-refractivity contribution in [1.82, 2.24) is 0 Å². The highest BCUT2D eigenvalue weighted by Gasteiger charge is 2.42. The zero-order valence-electron chi connectivity index (χ0n) is 15.7. The number of ketones is 1. The lowest BCUT2D eigenvalue weighted by Crippen LogP contribution is -2.37. The molecule has 2 aromatic carbocycles. The standard InChI is InChI=1S/C19H16Cl2N2O6/c1-27-13-7-12-15(18(29-3)17(13)28-2)16(25)19(26)23(12)8-14(24)22-11-6-9(20)4-5-10(11)21/h4-7H,8H2,1-3H3,(H,22,24). The molecule has 0 aromatic heterocycles. The van der Waals surface area contributed by atoms with Gasteiger partial charge in [-0.05, 0) is 18.2 Å². The number of fused-ring (bicyclic) bond motifs is 1. The van der Waals surface area contributed by atoms with Crippen LogP contribution in [0.15, 0.2) is 24.3 Å². The molecule has 1 aliphatic heterocycles. The monoisotopic (exact) mass is 438 g/mol. The van der Waals surface area contributed by atoms with Gasteiger partial charge in [-0.1, -0.05) is 23.2 Å². The van der Waals surface area contributed by atoms with Gasteiger partial charge in [-0.3, -0.25) is 19.3 Å².